The summed E-state index contributed by atoms with van der Waals surface area (Å²) in [4.78, 5) is 28.2. The number of benzene rings is 1. The second-order valence-electron chi connectivity index (χ2n) is 7.28. The number of urea groups is 1. The van der Waals surface area contributed by atoms with Crippen LogP contribution in [0.15, 0.2) is 24.3 Å². The van der Waals surface area contributed by atoms with Crippen molar-refractivity contribution in [2.24, 2.45) is 5.92 Å². The Morgan fingerprint density at radius 2 is 2.04 bits per heavy atom. The van der Waals surface area contributed by atoms with E-state index in [1.807, 2.05) is 24.3 Å². The van der Waals surface area contributed by atoms with Crippen LogP contribution in [0.1, 0.15) is 37.7 Å². The number of hydrogen-bond acceptors (Lipinski definition) is 3. The highest BCUT2D eigenvalue weighted by atomic mass is 16.5. The van der Waals surface area contributed by atoms with Gasteiger partial charge in [-0.15, -0.1) is 0 Å². The summed E-state index contributed by atoms with van der Waals surface area (Å²) < 4.78 is 5.23. The molecule has 1 heterocycles. The number of piperazine rings is 1. The Kier molecular flexibility index (Phi) is 6.36. The minimum absolute atomic E-state index is 0.00751. The maximum atomic E-state index is 12.4. The van der Waals surface area contributed by atoms with Gasteiger partial charge in [0, 0.05) is 26.2 Å². The third-order valence-corrected chi connectivity index (χ3v) is 5.38. The van der Waals surface area contributed by atoms with Crippen molar-refractivity contribution in [1.82, 2.24) is 15.1 Å². The molecule has 0 radical (unpaired) electrons. The summed E-state index contributed by atoms with van der Waals surface area (Å²) in [5.41, 5.74) is 1.04. The van der Waals surface area contributed by atoms with Crippen LogP contribution in [-0.4, -0.2) is 55.0 Å². The maximum Gasteiger partial charge on any atom is 0.317 e. The van der Waals surface area contributed by atoms with E-state index in [2.05, 4.69) is 5.32 Å². The average Bonchev–Trinajstić information content (AvgIpc) is 2.68. The number of hydrogen-bond donors (Lipinski definition) is 1. The monoisotopic (exact) mass is 359 g/mol. The number of carbonyl (C=O) groups is 2. The zero-order chi connectivity index (χ0) is 18.4. The Bertz CT molecular complexity index is 628. The molecule has 0 bridgehead atoms. The summed E-state index contributed by atoms with van der Waals surface area (Å²) in [6.45, 7) is 2.57. The van der Waals surface area contributed by atoms with Gasteiger partial charge >= 0.3 is 6.03 Å². The molecule has 1 saturated heterocycles. The van der Waals surface area contributed by atoms with E-state index in [0.29, 0.717) is 25.6 Å². The third-order valence-electron chi connectivity index (χ3n) is 5.38. The molecular weight excluding hydrogens is 330 g/mol. The maximum absolute atomic E-state index is 12.4. The van der Waals surface area contributed by atoms with Crippen LogP contribution >= 0.6 is 0 Å². The molecule has 1 saturated carbocycles. The van der Waals surface area contributed by atoms with E-state index < -0.39 is 0 Å². The molecule has 26 heavy (non-hydrogen) atoms. The van der Waals surface area contributed by atoms with Crippen molar-refractivity contribution in [3.63, 3.8) is 0 Å². The smallest absolute Gasteiger partial charge is 0.317 e. The normalized spacial score (nSPS) is 18.7. The Morgan fingerprint density at radius 1 is 1.23 bits per heavy atom. The molecule has 0 aromatic heterocycles. The fourth-order valence-corrected chi connectivity index (χ4v) is 3.77. The predicted molar refractivity (Wildman–Crippen MR) is 100.0 cm³/mol. The molecule has 1 aliphatic heterocycles. The Balaban J connectivity index is 1.46. The molecule has 1 aromatic carbocycles. The minimum atomic E-state index is -0.107. The van der Waals surface area contributed by atoms with Gasteiger partial charge in [-0.3, -0.25) is 4.79 Å². The predicted octanol–water partition coefficient (Wildman–Crippen LogP) is 2.63. The third kappa shape index (κ3) is 4.90. The fourth-order valence-electron chi connectivity index (χ4n) is 3.77. The highest BCUT2D eigenvalue weighted by Gasteiger charge is 2.27. The first-order chi connectivity index (χ1) is 12.7. The molecule has 1 aromatic rings. The SMILES string of the molecule is COc1cccc(CN2CCN(C(=O)NCC3CCCCC3)CC2=O)c1. The number of rotatable bonds is 5. The standard InChI is InChI=1S/C20H29N3O3/c1-26-18-9-5-8-17(12-18)14-22-10-11-23(15-19(22)24)20(25)21-13-16-6-3-2-4-7-16/h5,8-9,12,16H,2-4,6-7,10-11,13-15H2,1H3,(H,21,25). The van der Waals surface area contributed by atoms with Crippen LogP contribution in [0.25, 0.3) is 0 Å². The van der Waals surface area contributed by atoms with Crippen LogP contribution in [0.2, 0.25) is 0 Å². The van der Waals surface area contributed by atoms with E-state index in [1.54, 1.807) is 16.9 Å². The number of nitrogens with one attached hydrogen (secondary N) is 1. The molecule has 1 aliphatic carbocycles. The molecule has 2 fully saturated rings. The van der Waals surface area contributed by atoms with Crippen molar-refractivity contribution in [1.29, 1.82) is 0 Å². The van der Waals surface area contributed by atoms with Gasteiger partial charge in [0.25, 0.3) is 0 Å². The highest BCUT2D eigenvalue weighted by molar-refractivity contribution is 5.85. The molecule has 6 heteroatoms. The van der Waals surface area contributed by atoms with Gasteiger partial charge in [0.2, 0.25) is 5.91 Å². The molecule has 3 rings (SSSR count). The van der Waals surface area contributed by atoms with E-state index in [4.69, 9.17) is 4.74 Å². The summed E-state index contributed by atoms with van der Waals surface area (Å²) in [5.74, 6) is 1.38. The molecule has 2 aliphatic rings. The lowest BCUT2D eigenvalue weighted by molar-refractivity contribution is -0.135. The summed E-state index contributed by atoms with van der Waals surface area (Å²) in [7, 11) is 1.63. The van der Waals surface area contributed by atoms with Gasteiger partial charge in [-0.2, -0.15) is 0 Å². The largest absolute Gasteiger partial charge is 0.497 e. The summed E-state index contributed by atoms with van der Waals surface area (Å²) >= 11 is 0. The van der Waals surface area contributed by atoms with E-state index >= 15 is 0 Å². The topological polar surface area (TPSA) is 61.9 Å². The van der Waals surface area contributed by atoms with Gasteiger partial charge in [0.1, 0.15) is 12.3 Å². The summed E-state index contributed by atoms with van der Waals surface area (Å²) in [6, 6.07) is 7.63. The number of methoxy groups -OCH3 is 1. The van der Waals surface area contributed by atoms with Crippen molar-refractivity contribution >= 4 is 11.9 Å². The van der Waals surface area contributed by atoms with Crippen LogP contribution in [-0.2, 0) is 11.3 Å². The van der Waals surface area contributed by atoms with Gasteiger partial charge < -0.3 is 19.9 Å². The molecule has 3 amide bonds. The van der Waals surface area contributed by atoms with E-state index in [-0.39, 0.29) is 18.5 Å². The van der Waals surface area contributed by atoms with Crippen molar-refractivity contribution in [3.05, 3.63) is 29.8 Å². The molecule has 142 valence electrons. The zero-order valence-corrected chi connectivity index (χ0v) is 15.6. The van der Waals surface area contributed by atoms with Crippen molar-refractivity contribution in [3.8, 4) is 5.75 Å². The zero-order valence-electron chi connectivity index (χ0n) is 15.6. The van der Waals surface area contributed by atoms with Gasteiger partial charge in [-0.25, -0.2) is 4.79 Å². The average molecular weight is 359 g/mol. The van der Waals surface area contributed by atoms with Crippen molar-refractivity contribution in [2.75, 3.05) is 33.3 Å². The molecule has 1 N–H and O–H groups in total. The Labute approximate surface area is 155 Å². The number of nitrogens with zero attached hydrogens (tertiary/aromatic N) is 2. The van der Waals surface area contributed by atoms with Crippen LogP contribution in [0, 0.1) is 5.92 Å². The van der Waals surface area contributed by atoms with Gasteiger partial charge in [0.15, 0.2) is 0 Å². The first-order valence-electron chi connectivity index (χ1n) is 9.59. The summed E-state index contributed by atoms with van der Waals surface area (Å²) in [5, 5.41) is 3.02. The Hall–Kier alpha value is -2.24. The van der Waals surface area contributed by atoms with Crippen LogP contribution in [0.5, 0.6) is 5.75 Å². The minimum Gasteiger partial charge on any atom is -0.497 e. The van der Waals surface area contributed by atoms with Gasteiger partial charge in [-0.1, -0.05) is 31.4 Å². The molecule has 0 atom stereocenters. The molecule has 0 spiro atoms. The van der Waals surface area contributed by atoms with Gasteiger partial charge in [0.05, 0.1) is 7.11 Å². The van der Waals surface area contributed by atoms with Crippen LogP contribution in [0.3, 0.4) is 0 Å². The molecular formula is C20H29N3O3. The lowest BCUT2D eigenvalue weighted by Gasteiger charge is -2.34. The first kappa shape index (κ1) is 18.5. The second kappa shape index (κ2) is 8.92. The van der Waals surface area contributed by atoms with E-state index in [9.17, 15) is 9.59 Å². The Morgan fingerprint density at radius 3 is 2.77 bits per heavy atom. The quantitative estimate of drug-likeness (QED) is 0.879. The molecule has 0 unspecified atom stereocenters. The van der Waals surface area contributed by atoms with E-state index in [1.165, 1.54) is 32.1 Å². The molecule has 6 nitrogen and oxygen atoms in total. The lowest BCUT2D eigenvalue weighted by atomic mass is 9.89. The van der Waals surface area contributed by atoms with E-state index in [0.717, 1.165) is 17.9 Å². The number of ether oxygens (including phenoxy) is 1. The summed E-state index contributed by atoms with van der Waals surface area (Å²) in [6.07, 6.45) is 6.25. The fraction of sp³-hybridized carbons (Fsp3) is 0.600. The van der Waals surface area contributed by atoms with Gasteiger partial charge in [-0.05, 0) is 36.5 Å². The second-order valence-corrected chi connectivity index (χ2v) is 7.28. The highest BCUT2D eigenvalue weighted by Crippen LogP contribution is 2.23. The van der Waals surface area contributed by atoms with Crippen molar-refractivity contribution in [2.45, 2.75) is 38.6 Å². The lowest BCUT2D eigenvalue weighted by Crippen LogP contribution is -2.54. The number of amides is 3. The number of carbonyl (C=O) groups excluding carboxylic acids is 2. The first-order valence-corrected chi connectivity index (χ1v) is 9.59. The van der Waals surface area contributed by atoms with Crippen molar-refractivity contribution < 1.29 is 14.3 Å². The van der Waals surface area contributed by atoms with Crippen LogP contribution in [0.4, 0.5) is 4.79 Å². The van der Waals surface area contributed by atoms with Crippen LogP contribution < -0.4 is 10.1 Å².